The quantitative estimate of drug-likeness (QED) is 0.884. The van der Waals surface area contributed by atoms with Gasteiger partial charge in [0.1, 0.15) is 0 Å². The Kier molecular flexibility index (Phi) is 4.21. The predicted molar refractivity (Wildman–Crippen MR) is 76.5 cm³/mol. The highest BCUT2D eigenvalue weighted by Gasteiger charge is 2.23. The zero-order chi connectivity index (χ0) is 13.2. The van der Waals surface area contributed by atoms with Crippen molar-refractivity contribution in [3.8, 4) is 0 Å². The molecule has 0 saturated carbocycles. The van der Waals surface area contributed by atoms with E-state index in [1.54, 1.807) is 16.0 Å². The fraction of sp³-hybridized carbons (Fsp3) is 0.417. The van der Waals surface area contributed by atoms with E-state index < -0.39 is 5.60 Å². The number of hydrogen-bond acceptors (Lipinski definition) is 4. The van der Waals surface area contributed by atoms with E-state index in [2.05, 4.69) is 26.3 Å². The maximum atomic E-state index is 10.3. The molecule has 0 saturated heterocycles. The highest BCUT2D eigenvalue weighted by Crippen LogP contribution is 2.22. The summed E-state index contributed by atoms with van der Waals surface area (Å²) in [5, 5.41) is 21.8. The van der Waals surface area contributed by atoms with Gasteiger partial charge in [0, 0.05) is 26.3 Å². The smallest absolute Gasteiger partial charge is 0.1000 e. The Bertz CT molecular complexity index is 507. The number of nitrogens with zero attached hydrogens (tertiary/aromatic N) is 2. The summed E-state index contributed by atoms with van der Waals surface area (Å²) in [4.78, 5) is 0. The molecular formula is C12H16BrN3OS. The van der Waals surface area contributed by atoms with Crippen LogP contribution in [0.5, 0.6) is 0 Å². The van der Waals surface area contributed by atoms with Gasteiger partial charge in [0.25, 0.3) is 0 Å². The van der Waals surface area contributed by atoms with Gasteiger partial charge in [-0.15, -0.1) is 0 Å². The van der Waals surface area contributed by atoms with E-state index in [0.29, 0.717) is 13.1 Å². The number of rotatable bonds is 5. The van der Waals surface area contributed by atoms with Crippen molar-refractivity contribution in [1.29, 1.82) is 0 Å². The molecular weight excluding hydrogens is 314 g/mol. The average Bonchev–Trinajstić information content (AvgIpc) is 2.89. The lowest BCUT2D eigenvalue weighted by Gasteiger charge is -2.22. The van der Waals surface area contributed by atoms with E-state index in [9.17, 15) is 5.11 Å². The van der Waals surface area contributed by atoms with Crippen LogP contribution < -0.4 is 5.32 Å². The van der Waals surface area contributed by atoms with Gasteiger partial charge < -0.3 is 10.4 Å². The molecule has 2 aromatic rings. The molecule has 0 aliphatic carbocycles. The zero-order valence-corrected chi connectivity index (χ0v) is 12.8. The molecule has 0 bridgehead atoms. The lowest BCUT2D eigenvalue weighted by atomic mass is 9.99. The Balaban J connectivity index is 1.91. The fourth-order valence-corrected chi connectivity index (χ4v) is 3.02. The third kappa shape index (κ3) is 3.20. The van der Waals surface area contributed by atoms with Gasteiger partial charge in [-0.1, -0.05) is 0 Å². The lowest BCUT2D eigenvalue weighted by molar-refractivity contribution is 0.0570. The summed E-state index contributed by atoms with van der Waals surface area (Å²) in [6.45, 7) is 2.93. The van der Waals surface area contributed by atoms with E-state index in [4.69, 9.17) is 0 Å². The van der Waals surface area contributed by atoms with Crippen molar-refractivity contribution in [2.45, 2.75) is 19.1 Å². The first-order chi connectivity index (χ1) is 8.49. The maximum Gasteiger partial charge on any atom is 0.1000 e. The number of hydrogen-bond donors (Lipinski definition) is 2. The molecule has 1 atom stereocenters. The molecule has 0 aromatic carbocycles. The van der Waals surface area contributed by atoms with Gasteiger partial charge in [0.15, 0.2) is 0 Å². The molecule has 4 nitrogen and oxygen atoms in total. The van der Waals surface area contributed by atoms with Gasteiger partial charge in [-0.25, -0.2) is 0 Å². The first-order valence-corrected chi connectivity index (χ1v) is 7.36. The summed E-state index contributed by atoms with van der Waals surface area (Å²) in [6, 6.07) is 1.95. The summed E-state index contributed by atoms with van der Waals surface area (Å²) in [6.07, 6.45) is 1.91. The molecule has 0 amide bonds. The molecule has 0 aliphatic heterocycles. The minimum atomic E-state index is -0.846. The van der Waals surface area contributed by atoms with Gasteiger partial charge in [-0.05, 0) is 45.2 Å². The molecule has 6 heteroatoms. The van der Waals surface area contributed by atoms with Crippen LogP contribution in [0.1, 0.15) is 18.2 Å². The first-order valence-electron chi connectivity index (χ1n) is 5.63. The van der Waals surface area contributed by atoms with Crippen molar-refractivity contribution in [1.82, 2.24) is 15.1 Å². The second-order valence-corrected chi connectivity index (χ2v) is 6.12. The van der Waals surface area contributed by atoms with Gasteiger partial charge >= 0.3 is 0 Å². The maximum absolute atomic E-state index is 10.3. The van der Waals surface area contributed by atoms with Gasteiger partial charge in [0.05, 0.1) is 15.8 Å². The minimum Gasteiger partial charge on any atom is -0.384 e. The van der Waals surface area contributed by atoms with Crippen LogP contribution in [0.25, 0.3) is 0 Å². The summed E-state index contributed by atoms with van der Waals surface area (Å²) < 4.78 is 2.74. The molecule has 2 aromatic heterocycles. The summed E-state index contributed by atoms with van der Waals surface area (Å²) in [7, 11) is 1.88. The van der Waals surface area contributed by atoms with E-state index >= 15 is 0 Å². The molecule has 98 valence electrons. The van der Waals surface area contributed by atoms with Crippen molar-refractivity contribution >= 4 is 27.3 Å². The van der Waals surface area contributed by atoms with Crippen LogP contribution in [-0.2, 0) is 19.2 Å². The zero-order valence-electron chi connectivity index (χ0n) is 10.4. The molecule has 1 unspecified atom stereocenters. The van der Waals surface area contributed by atoms with Crippen LogP contribution in [0.3, 0.4) is 0 Å². The molecule has 0 aliphatic rings. The highest BCUT2D eigenvalue weighted by molar-refractivity contribution is 9.10. The van der Waals surface area contributed by atoms with Crippen LogP contribution >= 0.6 is 27.3 Å². The van der Waals surface area contributed by atoms with Crippen molar-refractivity contribution < 1.29 is 5.11 Å². The normalized spacial score (nSPS) is 14.7. The molecule has 0 radical (unpaired) electrons. The van der Waals surface area contributed by atoms with Crippen LogP contribution in [0, 0.1) is 0 Å². The monoisotopic (exact) mass is 329 g/mol. The van der Waals surface area contributed by atoms with Crippen LogP contribution in [0.2, 0.25) is 0 Å². The van der Waals surface area contributed by atoms with E-state index in [1.807, 2.05) is 37.0 Å². The number of nitrogens with one attached hydrogen (secondary N) is 1. The first kappa shape index (κ1) is 13.7. The van der Waals surface area contributed by atoms with Crippen LogP contribution in [0.4, 0.5) is 0 Å². The summed E-state index contributed by atoms with van der Waals surface area (Å²) in [5.74, 6) is 0. The largest absolute Gasteiger partial charge is 0.384 e. The Labute approximate surface area is 119 Å². The second kappa shape index (κ2) is 5.52. The van der Waals surface area contributed by atoms with Crippen LogP contribution in [0.15, 0.2) is 27.5 Å². The molecule has 2 heterocycles. The fourth-order valence-electron chi connectivity index (χ4n) is 1.72. The summed E-state index contributed by atoms with van der Waals surface area (Å²) >= 11 is 5.04. The highest BCUT2D eigenvalue weighted by atomic mass is 79.9. The number of aromatic nitrogens is 2. The molecule has 0 fully saturated rings. The topological polar surface area (TPSA) is 50.1 Å². The van der Waals surface area contributed by atoms with Crippen molar-refractivity contribution in [3.63, 3.8) is 0 Å². The number of thiophene rings is 1. The van der Waals surface area contributed by atoms with Gasteiger partial charge in [-0.2, -0.15) is 16.4 Å². The lowest BCUT2D eigenvalue weighted by Crippen LogP contribution is -2.34. The summed E-state index contributed by atoms with van der Waals surface area (Å²) in [5.41, 5.74) is 1.04. The number of aliphatic hydroxyl groups is 1. The van der Waals surface area contributed by atoms with E-state index in [1.165, 1.54) is 0 Å². The Morgan fingerprint density at radius 1 is 1.61 bits per heavy atom. The predicted octanol–water partition coefficient (Wildman–Crippen LogP) is 2.24. The van der Waals surface area contributed by atoms with Crippen molar-refractivity contribution in [2.24, 2.45) is 7.05 Å². The average molecular weight is 330 g/mol. The Morgan fingerprint density at radius 3 is 2.94 bits per heavy atom. The molecule has 2 N–H and O–H groups in total. The third-order valence-corrected chi connectivity index (χ3v) is 4.10. The number of halogens is 1. The number of aryl methyl sites for hydroxylation is 1. The van der Waals surface area contributed by atoms with Gasteiger partial charge in [-0.3, -0.25) is 4.68 Å². The van der Waals surface area contributed by atoms with Crippen LogP contribution in [-0.4, -0.2) is 21.4 Å². The molecule has 0 spiro atoms. The van der Waals surface area contributed by atoms with E-state index in [0.717, 1.165) is 15.7 Å². The third-order valence-electron chi connectivity index (χ3n) is 2.76. The van der Waals surface area contributed by atoms with Gasteiger partial charge in [0.2, 0.25) is 0 Å². The minimum absolute atomic E-state index is 0.493. The van der Waals surface area contributed by atoms with Crippen molar-refractivity contribution in [3.05, 3.63) is 38.8 Å². The molecule has 2 rings (SSSR count). The van der Waals surface area contributed by atoms with E-state index in [-0.39, 0.29) is 0 Å². The Hall–Kier alpha value is -0.690. The standard InChI is InChI=1S/C12H16BrN3OS/c1-12(17,9-3-4-18-7-9)8-14-5-11-10(13)6-16(2)15-11/h3-4,6-7,14,17H,5,8H2,1-2H3. The molecule has 18 heavy (non-hydrogen) atoms. The van der Waals surface area contributed by atoms with Crippen molar-refractivity contribution in [2.75, 3.05) is 6.54 Å². The second-order valence-electron chi connectivity index (χ2n) is 4.49. The Morgan fingerprint density at radius 2 is 2.39 bits per heavy atom. The SMILES string of the molecule is Cn1cc(Br)c(CNCC(C)(O)c2ccsc2)n1.